The third-order valence-electron chi connectivity index (χ3n) is 3.62. The van der Waals surface area contributed by atoms with Gasteiger partial charge in [0.05, 0.1) is 16.1 Å². The van der Waals surface area contributed by atoms with Crippen molar-refractivity contribution in [2.45, 2.75) is 4.90 Å². The van der Waals surface area contributed by atoms with Gasteiger partial charge in [0.2, 0.25) is 0 Å². The van der Waals surface area contributed by atoms with E-state index in [2.05, 4.69) is 26.0 Å². The fourth-order valence-corrected chi connectivity index (χ4v) is 3.83. The molecule has 0 bridgehead atoms. The van der Waals surface area contributed by atoms with Crippen LogP contribution in [0.4, 0.5) is 15.8 Å². The van der Waals surface area contributed by atoms with Gasteiger partial charge in [0.1, 0.15) is 5.82 Å². The second-order valence-electron chi connectivity index (χ2n) is 5.57. The summed E-state index contributed by atoms with van der Waals surface area (Å²) in [5.74, 6) is -1.01. The number of anilines is 2. The van der Waals surface area contributed by atoms with Crippen LogP contribution in [0.2, 0.25) is 0 Å². The minimum absolute atomic E-state index is 0.105. The Balaban J connectivity index is 1.87. The molecule has 0 aliphatic heterocycles. The molecule has 0 aliphatic rings. The van der Waals surface area contributed by atoms with Gasteiger partial charge in [-0.25, -0.2) is 12.8 Å². The summed E-state index contributed by atoms with van der Waals surface area (Å²) < 4.78 is 41.3. The molecule has 0 radical (unpaired) electrons. The van der Waals surface area contributed by atoms with E-state index in [1.807, 2.05) is 6.07 Å². The normalized spacial score (nSPS) is 11.0. The lowest BCUT2D eigenvalue weighted by molar-refractivity contribution is 0.102. The summed E-state index contributed by atoms with van der Waals surface area (Å²) in [5.41, 5.74) is 0.836. The summed E-state index contributed by atoms with van der Waals surface area (Å²) in [5, 5.41) is 2.72. The summed E-state index contributed by atoms with van der Waals surface area (Å²) in [6.45, 7) is 0. The molecule has 2 N–H and O–H groups in total. The zero-order valence-electron chi connectivity index (χ0n) is 13.8. The maximum absolute atomic E-state index is 13.0. The van der Waals surface area contributed by atoms with E-state index < -0.39 is 21.7 Å². The number of halogens is 2. The van der Waals surface area contributed by atoms with Crippen LogP contribution in [0.3, 0.4) is 0 Å². The third kappa shape index (κ3) is 4.72. The van der Waals surface area contributed by atoms with Gasteiger partial charge >= 0.3 is 0 Å². The van der Waals surface area contributed by atoms with Crippen molar-refractivity contribution < 1.29 is 17.6 Å². The molecule has 0 spiro atoms. The molecule has 0 unspecified atom stereocenters. The maximum atomic E-state index is 13.0. The van der Waals surface area contributed by atoms with Gasteiger partial charge in [-0.05, 0) is 54.6 Å². The van der Waals surface area contributed by atoms with Gasteiger partial charge in [-0.1, -0.05) is 34.1 Å². The minimum Gasteiger partial charge on any atom is -0.322 e. The first-order chi connectivity index (χ1) is 12.8. The van der Waals surface area contributed by atoms with Crippen LogP contribution in [0, 0.1) is 5.82 Å². The quantitative estimate of drug-likeness (QED) is 0.596. The van der Waals surface area contributed by atoms with Gasteiger partial charge in [0.15, 0.2) is 0 Å². The summed E-state index contributed by atoms with van der Waals surface area (Å²) in [6, 6.07) is 17.7. The molecule has 5 nitrogen and oxygen atoms in total. The van der Waals surface area contributed by atoms with Gasteiger partial charge in [0, 0.05) is 10.2 Å². The first kappa shape index (κ1) is 19.1. The first-order valence-electron chi connectivity index (χ1n) is 7.79. The monoisotopic (exact) mass is 448 g/mol. The number of hydrogen-bond donors (Lipinski definition) is 2. The second kappa shape index (κ2) is 7.89. The predicted molar refractivity (Wildman–Crippen MR) is 106 cm³/mol. The van der Waals surface area contributed by atoms with E-state index in [0.717, 1.165) is 28.7 Å². The van der Waals surface area contributed by atoms with E-state index in [-0.39, 0.29) is 16.1 Å². The summed E-state index contributed by atoms with van der Waals surface area (Å²) >= 11 is 3.32. The highest BCUT2D eigenvalue weighted by atomic mass is 79.9. The van der Waals surface area contributed by atoms with Crippen molar-refractivity contribution in [2.24, 2.45) is 0 Å². The lowest BCUT2D eigenvalue weighted by Gasteiger charge is -2.13. The van der Waals surface area contributed by atoms with E-state index in [1.165, 1.54) is 12.1 Å². The molecule has 0 saturated heterocycles. The molecule has 3 aromatic rings. The van der Waals surface area contributed by atoms with Crippen LogP contribution >= 0.6 is 15.9 Å². The Bertz CT molecular complexity index is 1090. The van der Waals surface area contributed by atoms with Crippen molar-refractivity contribution >= 4 is 43.2 Å². The number of nitrogens with one attached hydrogen (secondary N) is 2. The predicted octanol–water partition coefficient (Wildman–Crippen LogP) is 4.64. The van der Waals surface area contributed by atoms with Crippen LogP contribution in [0.5, 0.6) is 0 Å². The Morgan fingerprint density at radius 2 is 1.63 bits per heavy atom. The topological polar surface area (TPSA) is 75.3 Å². The van der Waals surface area contributed by atoms with Crippen LogP contribution in [-0.2, 0) is 10.0 Å². The summed E-state index contributed by atoms with van der Waals surface area (Å²) in [4.78, 5) is 12.5. The van der Waals surface area contributed by atoms with E-state index in [1.54, 1.807) is 30.3 Å². The maximum Gasteiger partial charge on any atom is 0.261 e. The Kier molecular flexibility index (Phi) is 5.57. The van der Waals surface area contributed by atoms with E-state index in [4.69, 9.17) is 0 Å². The number of sulfonamides is 1. The third-order valence-corrected chi connectivity index (χ3v) is 5.50. The highest BCUT2D eigenvalue weighted by molar-refractivity contribution is 9.10. The molecule has 8 heteroatoms. The molecule has 0 aliphatic carbocycles. The number of carbonyl (C=O) groups excluding carboxylic acids is 1. The number of rotatable bonds is 5. The fourth-order valence-electron chi connectivity index (χ4n) is 2.35. The number of amides is 1. The molecule has 0 saturated carbocycles. The van der Waals surface area contributed by atoms with E-state index >= 15 is 0 Å². The summed E-state index contributed by atoms with van der Waals surface area (Å²) in [7, 11) is -3.97. The fraction of sp³-hybridized carbons (Fsp3) is 0. The lowest BCUT2D eigenvalue weighted by Crippen LogP contribution is -2.18. The SMILES string of the molecule is O=C(Nc1cccc(Br)c1)c1ccccc1NS(=O)(=O)c1ccc(F)cc1. The Morgan fingerprint density at radius 3 is 2.33 bits per heavy atom. The van der Waals surface area contributed by atoms with Gasteiger partial charge in [-0.3, -0.25) is 9.52 Å². The van der Waals surface area contributed by atoms with E-state index in [0.29, 0.717) is 5.69 Å². The first-order valence-corrected chi connectivity index (χ1v) is 10.1. The average Bonchev–Trinajstić information content (AvgIpc) is 2.62. The zero-order valence-corrected chi connectivity index (χ0v) is 16.2. The van der Waals surface area contributed by atoms with Crippen molar-refractivity contribution in [3.8, 4) is 0 Å². The Hall–Kier alpha value is -2.71. The molecular weight excluding hydrogens is 435 g/mol. The number of carbonyl (C=O) groups is 1. The van der Waals surface area contributed by atoms with Crippen molar-refractivity contribution in [1.29, 1.82) is 0 Å². The lowest BCUT2D eigenvalue weighted by atomic mass is 10.1. The molecule has 27 heavy (non-hydrogen) atoms. The average molecular weight is 449 g/mol. The van der Waals surface area contributed by atoms with Crippen LogP contribution in [0.25, 0.3) is 0 Å². The highest BCUT2D eigenvalue weighted by Gasteiger charge is 2.18. The smallest absolute Gasteiger partial charge is 0.261 e. The van der Waals surface area contributed by atoms with Crippen LogP contribution < -0.4 is 10.0 Å². The van der Waals surface area contributed by atoms with Gasteiger partial charge in [-0.2, -0.15) is 0 Å². The summed E-state index contributed by atoms with van der Waals surface area (Å²) in [6.07, 6.45) is 0. The van der Waals surface area contributed by atoms with Crippen molar-refractivity contribution in [2.75, 3.05) is 10.0 Å². The van der Waals surface area contributed by atoms with Crippen molar-refractivity contribution in [3.63, 3.8) is 0 Å². The Morgan fingerprint density at radius 1 is 0.926 bits per heavy atom. The molecule has 0 atom stereocenters. The molecular formula is C19H14BrFN2O3S. The van der Waals surface area contributed by atoms with Crippen molar-refractivity contribution in [3.05, 3.63) is 88.6 Å². The number of para-hydroxylation sites is 1. The highest BCUT2D eigenvalue weighted by Crippen LogP contribution is 2.22. The number of hydrogen-bond acceptors (Lipinski definition) is 3. The standard InChI is InChI=1S/C19H14BrFN2O3S/c20-13-4-3-5-15(12-13)22-19(24)17-6-1-2-7-18(17)23-27(25,26)16-10-8-14(21)9-11-16/h1-12,23H,(H,22,24). The van der Waals surface area contributed by atoms with Crippen LogP contribution in [-0.4, -0.2) is 14.3 Å². The van der Waals surface area contributed by atoms with Crippen LogP contribution in [0.1, 0.15) is 10.4 Å². The number of benzene rings is 3. The zero-order chi connectivity index (χ0) is 19.4. The van der Waals surface area contributed by atoms with Gasteiger partial charge < -0.3 is 5.32 Å². The van der Waals surface area contributed by atoms with Gasteiger partial charge in [-0.15, -0.1) is 0 Å². The van der Waals surface area contributed by atoms with E-state index in [9.17, 15) is 17.6 Å². The van der Waals surface area contributed by atoms with Gasteiger partial charge in [0.25, 0.3) is 15.9 Å². The van der Waals surface area contributed by atoms with Crippen LogP contribution in [0.15, 0.2) is 82.2 Å². The molecule has 3 aromatic carbocycles. The minimum atomic E-state index is -3.97. The molecule has 0 heterocycles. The second-order valence-corrected chi connectivity index (χ2v) is 8.17. The molecule has 3 rings (SSSR count). The van der Waals surface area contributed by atoms with Crippen molar-refractivity contribution in [1.82, 2.24) is 0 Å². The molecule has 0 fully saturated rings. The largest absolute Gasteiger partial charge is 0.322 e. The molecule has 0 aromatic heterocycles. The molecule has 138 valence electrons. The molecule has 1 amide bonds. The Labute approximate surface area is 164 Å².